The van der Waals surface area contributed by atoms with Crippen LogP contribution in [0.2, 0.25) is 0 Å². The Labute approximate surface area is 130 Å². The summed E-state index contributed by atoms with van der Waals surface area (Å²) < 4.78 is 39.0. The van der Waals surface area contributed by atoms with E-state index in [0.29, 0.717) is 5.92 Å². The molecule has 0 nitrogen and oxygen atoms in total. The molecule has 0 aromatic heterocycles. The molecule has 0 radical (unpaired) electrons. The van der Waals surface area contributed by atoms with Gasteiger partial charge < -0.3 is 17.3 Å². The van der Waals surface area contributed by atoms with E-state index >= 15 is 0 Å². The number of halogens is 4. The van der Waals surface area contributed by atoms with Crippen LogP contribution in [0.3, 0.4) is 0 Å². The molecule has 0 saturated heterocycles. The van der Waals surface area contributed by atoms with Crippen LogP contribution >= 0.6 is 0 Å². The van der Waals surface area contributed by atoms with Gasteiger partial charge in [0.2, 0.25) is 0 Å². The van der Waals surface area contributed by atoms with Gasteiger partial charge in [0.25, 0.3) is 0 Å². The predicted octanol–water partition coefficient (Wildman–Crippen LogP) is 5.82. The van der Waals surface area contributed by atoms with Crippen molar-refractivity contribution in [2.45, 2.75) is 63.2 Å². The zero-order valence-corrected chi connectivity index (χ0v) is 13.7. The molecule has 21 heavy (non-hydrogen) atoms. The van der Waals surface area contributed by atoms with Crippen LogP contribution < -0.4 is 0 Å². The lowest BCUT2D eigenvalue weighted by molar-refractivity contribution is 0.368. The van der Waals surface area contributed by atoms with Gasteiger partial charge in [-0.05, 0) is 31.0 Å². The first kappa shape index (κ1) is 20.4. The first-order valence-corrected chi connectivity index (χ1v) is 7.93. The van der Waals surface area contributed by atoms with E-state index < -0.39 is 7.25 Å². The van der Waals surface area contributed by atoms with E-state index in [2.05, 4.69) is 50.7 Å². The summed E-state index contributed by atoms with van der Waals surface area (Å²) in [4.78, 5) is 1.25. The molecule has 1 unspecified atom stereocenters. The van der Waals surface area contributed by atoms with Gasteiger partial charge in [0, 0.05) is 5.56 Å². The third-order valence-corrected chi connectivity index (χ3v) is 3.69. The van der Waals surface area contributed by atoms with Crippen LogP contribution in [0.25, 0.3) is 0 Å². The van der Waals surface area contributed by atoms with Gasteiger partial charge in [0.1, 0.15) is 0 Å². The van der Waals surface area contributed by atoms with Crippen LogP contribution in [-0.4, -0.2) is 7.25 Å². The molecule has 1 rings (SSSR count). The lowest BCUT2D eigenvalue weighted by atomic mass is 9.95. The second-order valence-corrected chi connectivity index (χ2v) is 5.72. The van der Waals surface area contributed by atoms with E-state index in [9.17, 15) is 17.3 Å². The Morgan fingerprint density at radius 2 is 1.52 bits per heavy atom. The Morgan fingerprint density at radius 3 is 2.05 bits per heavy atom. The van der Waals surface area contributed by atoms with Crippen LogP contribution in [0.15, 0.2) is 29.2 Å². The molecule has 0 N–H and O–H groups in total. The molecule has 122 valence electrons. The molecule has 1 atom stereocenters. The van der Waals surface area contributed by atoms with Crippen molar-refractivity contribution in [3.05, 3.63) is 29.8 Å². The Balaban J connectivity index is 0.000000690. The monoisotopic (exact) mass is 324 g/mol. The Kier molecular flexibility index (Phi) is 10.7. The van der Waals surface area contributed by atoms with Crippen molar-refractivity contribution >= 4 is 19.9 Å². The zero-order chi connectivity index (χ0) is 16.3. The minimum absolute atomic E-state index is 0.676. The molecule has 0 heterocycles. The average molecular weight is 324 g/mol. The van der Waals surface area contributed by atoms with E-state index in [0.717, 1.165) is 0 Å². The molecule has 1 aromatic carbocycles. The molecule has 0 spiro atoms. The Hall–Kier alpha value is -0.645. The molecule has 0 bridgehead atoms. The molecule has 0 aliphatic heterocycles. The van der Waals surface area contributed by atoms with Crippen molar-refractivity contribution in [2.75, 3.05) is 0 Å². The number of rotatable bonds is 7. The average Bonchev–Trinajstić information content (AvgIpc) is 2.37. The van der Waals surface area contributed by atoms with Gasteiger partial charge in [0.15, 0.2) is 4.90 Å². The molecule has 0 aliphatic carbocycles. The summed E-state index contributed by atoms with van der Waals surface area (Å²) in [5.74, 6) is 0.676. The minimum Gasteiger partial charge on any atom is -0.418 e. The summed E-state index contributed by atoms with van der Waals surface area (Å²) in [5, 5.41) is 0. The molecule has 0 amide bonds. The van der Waals surface area contributed by atoms with Gasteiger partial charge in [-0.2, -0.15) is 0 Å². The Morgan fingerprint density at radius 1 is 1.00 bits per heavy atom. The largest absolute Gasteiger partial charge is 0.673 e. The molecular weight excluding hydrogens is 299 g/mol. The van der Waals surface area contributed by atoms with E-state index in [1.807, 2.05) is 0 Å². The van der Waals surface area contributed by atoms with Crippen molar-refractivity contribution in [2.24, 2.45) is 0 Å². The first-order valence-electron chi connectivity index (χ1n) is 7.43. The van der Waals surface area contributed by atoms with Gasteiger partial charge in [-0.25, -0.2) is 0 Å². The highest BCUT2D eigenvalue weighted by Crippen LogP contribution is 2.25. The van der Waals surface area contributed by atoms with Crippen molar-refractivity contribution < 1.29 is 17.3 Å². The lowest BCUT2D eigenvalue weighted by Crippen LogP contribution is -2.02. The second kappa shape index (κ2) is 11.0. The molecule has 0 fully saturated rings. The molecule has 1 aromatic rings. The van der Waals surface area contributed by atoms with Gasteiger partial charge in [-0.15, -0.1) is 0 Å². The summed E-state index contributed by atoms with van der Waals surface area (Å²) in [6.45, 7) is 4.60. The van der Waals surface area contributed by atoms with Crippen molar-refractivity contribution in [3.63, 3.8) is 0 Å². The standard InChI is InChI=1S/C15H24S.BF4/c1-3-4-5-6-7-10-13(2)14-11-8-9-12-15(14)16;2-1(3,4)5/h8-9,11-13,16H,3-7,10H2,1-2H3;/q;-1/p+1. The highest BCUT2D eigenvalue weighted by molar-refractivity contribution is 7.58. The maximum atomic E-state index is 9.75. The van der Waals surface area contributed by atoms with Crippen molar-refractivity contribution in [1.29, 1.82) is 0 Å². The van der Waals surface area contributed by atoms with Crippen LogP contribution in [0.4, 0.5) is 17.3 Å². The third-order valence-electron chi connectivity index (χ3n) is 3.23. The SMILES string of the molecule is CCCCCCCC(C)c1ccccc1[SH2+].F[B-](F)(F)F. The minimum atomic E-state index is -6.00. The number of hydrogen-bond acceptors (Lipinski definition) is 0. The quantitative estimate of drug-likeness (QED) is 0.256. The third kappa shape index (κ3) is 12.8. The van der Waals surface area contributed by atoms with Crippen LogP contribution in [0, 0.1) is 0 Å². The second-order valence-electron chi connectivity index (χ2n) is 5.19. The van der Waals surface area contributed by atoms with Gasteiger partial charge >= 0.3 is 7.25 Å². The van der Waals surface area contributed by atoms with E-state index in [4.69, 9.17) is 0 Å². The van der Waals surface area contributed by atoms with Crippen molar-refractivity contribution in [3.8, 4) is 0 Å². The van der Waals surface area contributed by atoms with Crippen LogP contribution in [0.1, 0.15) is 63.9 Å². The van der Waals surface area contributed by atoms with Crippen LogP contribution in [0.5, 0.6) is 0 Å². The van der Waals surface area contributed by atoms with E-state index in [-0.39, 0.29) is 0 Å². The van der Waals surface area contributed by atoms with Crippen LogP contribution in [-0.2, 0) is 12.6 Å². The van der Waals surface area contributed by atoms with E-state index in [1.165, 1.54) is 49.0 Å². The smallest absolute Gasteiger partial charge is 0.418 e. The van der Waals surface area contributed by atoms with Gasteiger partial charge in [0.05, 0.1) is 0 Å². The fourth-order valence-corrected chi connectivity index (χ4v) is 2.56. The summed E-state index contributed by atoms with van der Waals surface area (Å²) in [7, 11) is -6.00. The predicted molar refractivity (Wildman–Crippen MR) is 86.8 cm³/mol. The Bertz CT molecular complexity index is 376. The maximum Gasteiger partial charge on any atom is 0.673 e. The summed E-state index contributed by atoms with van der Waals surface area (Å²) in [5.41, 5.74) is 1.45. The lowest BCUT2D eigenvalue weighted by Gasteiger charge is -2.11. The fourth-order valence-electron chi connectivity index (χ4n) is 2.14. The molecular formula is C15H25BF4S. The first-order chi connectivity index (χ1) is 9.75. The fraction of sp³-hybridized carbons (Fsp3) is 0.600. The number of hydrogen-bond donors (Lipinski definition) is 0. The van der Waals surface area contributed by atoms with Gasteiger partial charge in [-0.3, -0.25) is 0 Å². The molecule has 0 aliphatic rings. The van der Waals surface area contributed by atoms with E-state index in [1.54, 1.807) is 0 Å². The topological polar surface area (TPSA) is 0 Å². The molecule has 6 heteroatoms. The summed E-state index contributed by atoms with van der Waals surface area (Å²) in [6, 6.07) is 8.59. The zero-order valence-electron chi connectivity index (χ0n) is 12.7. The maximum absolute atomic E-state index is 9.75. The number of benzene rings is 1. The summed E-state index contributed by atoms with van der Waals surface area (Å²) in [6.07, 6.45) is 8.19. The highest BCUT2D eigenvalue weighted by atomic mass is 32.1. The number of unbranched alkanes of at least 4 members (excludes halogenated alkanes) is 4. The highest BCUT2D eigenvalue weighted by Gasteiger charge is 2.20. The normalized spacial score (nSPS) is 12.5. The van der Waals surface area contributed by atoms with Crippen molar-refractivity contribution in [1.82, 2.24) is 0 Å². The molecule has 0 saturated carbocycles. The van der Waals surface area contributed by atoms with Gasteiger partial charge in [-0.1, -0.05) is 64.2 Å². The summed E-state index contributed by atoms with van der Waals surface area (Å²) >= 11 is 3.68.